The van der Waals surface area contributed by atoms with Gasteiger partial charge in [0.2, 0.25) is 0 Å². The molecule has 34 nitrogen and oxygen atoms in total. The fourth-order valence-electron chi connectivity index (χ4n) is 13.9. The van der Waals surface area contributed by atoms with Gasteiger partial charge in [0.1, 0.15) is 83.7 Å². The molecule has 44 heteroatoms. The number of benzene rings is 1. The van der Waals surface area contributed by atoms with Gasteiger partial charge in [0, 0.05) is 181 Å². The summed E-state index contributed by atoms with van der Waals surface area (Å²) in [6.07, 6.45) is 24.0. The Labute approximate surface area is 776 Å². The van der Waals surface area contributed by atoms with Crippen LogP contribution in [-0.4, -0.2) is 206 Å². The summed E-state index contributed by atoms with van der Waals surface area (Å²) in [5.74, 6) is 3.24. The lowest BCUT2D eigenvalue weighted by molar-refractivity contribution is 0.104. The largest absolute Gasteiger partial charge is 0.445 e. The number of likely N-dealkylation sites (tertiary alicyclic amines) is 1. The predicted octanol–water partition coefficient (Wildman–Crippen LogP) is 18.2. The SMILES string of the molecule is Cc1cc(N(COCC[Si](C)(C)C)c2cc(Cl)nc3c(-c4cnn(C)c4)cnn23)sn1.Cc1cc(N(COCC[Si](C)(C)C)c2cc(SC3CCN(C(=O)OCc4ccccc4)C3)nc3c(-c4cnn(C)c4)cnn23)sn1.Cc1cc(Nc2cc(Cl)nc3c(-c4cnn(C)c4)cnn23)sn1.Cc1cc(Nc2cc(SC3CCNC3)nc3c(-c4cnn(C)c4)cnn23)sn1. The van der Waals surface area contributed by atoms with E-state index in [1.54, 1.807) is 75.3 Å². The summed E-state index contributed by atoms with van der Waals surface area (Å²) in [7, 11) is 5.13. The van der Waals surface area contributed by atoms with Crippen molar-refractivity contribution in [2.45, 2.75) is 119 Å². The fourth-order valence-corrected chi connectivity index (χ4v) is 20.9. The maximum atomic E-state index is 12.9. The van der Waals surface area contributed by atoms with Gasteiger partial charge in [0.25, 0.3) is 0 Å². The third kappa shape index (κ3) is 22.5. The van der Waals surface area contributed by atoms with Gasteiger partial charge in [0.15, 0.2) is 22.6 Å². The molecule has 1 aromatic carbocycles. The summed E-state index contributed by atoms with van der Waals surface area (Å²) in [5, 5.41) is 53.0. The van der Waals surface area contributed by atoms with E-state index in [4.69, 9.17) is 52.5 Å². The number of aryl methyl sites for hydroxylation is 8. The maximum absolute atomic E-state index is 12.9. The number of halogens is 2. The quantitative estimate of drug-likeness (QED) is 0.0177. The number of nitrogens with one attached hydrogen (secondary N) is 3. The Morgan fingerprint density at radius 3 is 1.36 bits per heavy atom. The van der Waals surface area contributed by atoms with Crippen molar-refractivity contribution in [3.8, 4) is 44.5 Å². The van der Waals surface area contributed by atoms with Gasteiger partial charge in [-0.05, 0) is 135 Å². The minimum atomic E-state index is -1.26. The monoisotopic (exact) mass is 1910 g/mol. The maximum Gasteiger partial charge on any atom is 0.410 e. The summed E-state index contributed by atoms with van der Waals surface area (Å²) >= 11 is 21.8. The van der Waals surface area contributed by atoms with Crippen LogP contribution in [0.25, 0.3) is 67.1 Å². The van der Waals surface area contributed by atoms with E-state index in [1.165, 1.54) is 46.1 Å². The molecule has 0 spiro atoms. The zero-order valence-electron chi connectivity index (χ0n) is 73.2. The number of fused-ring (bicyclic) bond motifs is 4. The van der Waals surface area contributed by atoms with E-state index in [2.05, 4.69) is 146 Å². The van der Waals surface area contributed by atoms with Gasteiger partial charge in [-0.3, -0.25) is 28.5 Å². The number of aromatic nitrogens is 24. The zero-order valence-corrected chi connectivity index (χ0v) is 81.6. The molecule has 2 fully saturated rings. The summed E-state index contributed by atoms with van der Waals surface area (Å²) in [6, 6.07) is 27.8. The Morgan fingerprint density at radius 2 is 0.922 bits per heavy atom. The molecule has 666 valence electrons. The summed E-state index contributed by atoms with van der Waals surface area (Å²) < 4.78 is 50.0. The highest BCUT2D eigenvalue weighted by Gasteiger charge is 2.32. The third-order valence-electron chi connectivity index (χ3n) is 20.5. The second-order valence-corrected chi connectivity index (χ2v) is 51.3. The van der Waals surface area contributed by atoms with Crippen molar-refractivity contribution >= 4 is 181 Å². The number of anilines is 8. The van der Waals surface area contributed by atoms with Crippen LogP contribution in [0.1, 0.15) is 41.2 Å². The fraction of sp³-hybridized carbons (Fsp3) is 0.345. The van der Waals surface area contributed by atoms with Crippen molar-refractivity contribution in [1.82, 2.24) is 125 Å². The summed E-state index contributed by atoms with van der Waals surface area (Å²) in [5.41, 5.74) is 15.2. The van der Waals surface area contributed by atoms with Crippen LogP contribution in [0.4, 0.5) is 48.1 Å². The van der Waals surface area contributed by atoms with E-state index < -0.39 is 16.1 Å². The van der Waals surface area contributed by atoms with Gasteiger partial charge in [0.05, 0.1) is 72.4 Å². The van der Waals surface area contributed by atoms with Crippen molar-refractivity contribution in [3.63, 3.8) is 0 Å². The molecule has 0 aliphatic carbocycles. The topological polar surface area (TPSA) is 334 Å². The number of thioether (sulfide) groups is 2. The van der Waals surface area contributed by atoms with E-state index in [-0.39, 0.29) is 18.0 Å². The van der Waals surface area contributed by atoms with Crippen LogP contribution in [0.15, 0.2) is 163 Å². The molecule has 2 saturated heterocycles. The van der Waals surface area contributed by atoms with Gasteiger partial charge < -0.3 is 35.1 Å². The highest BCUT2D eigenvalue weighted by molar-refractivity contribution is 8.00. The van der Waals surface area contributed by atoms with Crippen LogP contribution in [0, 0.1) is 27.7 Å². The van der Waals surface area contributed by atoms with Crippen LogP contribution in [0.5, 0.6) is 0 Å². The van der Waals surface area contributed by atoms with Crippen LogP contribution >= 0.6 is 92.9 Å². The molecule has 3 N–H and O–H groups in total. The van der Waals surface area contributed by atoms with Crippen molar-refractivity contribution in [2.75, 3.05) is 73.3 Å². The number of carbonyl (C=O) groups is 1. The first-order valence-corrected chi connectivity index (χ1v) is 54.4. The third-order valence-corrected chi connectivity index (χ3v) is 30.1. The van der Waals surface area contributed by atoms with Gasteiger partial charge in [-0.2, -0.15) is 76.3 Å². The van der Waals surface area contributed by atoms with E-state index in [1.807, 2.05) is 181 Å². The Hall–Kier alpha value is -10.9. The molecule has 1 amide bonds. The summed E-state index contributed by atoms with van der Waals surface area (Å²) in [4.78, 5) is 37.9. The average molecular weight is 1910 g/mol. The van der Waals surface area contributed by atoms with E-state index in [9.17, 15) is 4.79 Å². The van der Waals surface area contributed by atoms with Gasteiger partial charge in [-0.15, -0.1) is 23.5 Å². The number of ether oxygens (including phenoxy) is 3. The molecule has 0 bridgehead atoms. The van der Waals surface area contributed by atoms with Crippen molar-refractivity contribution in [3.05, 3.63) is 192 Å². The minimum absolute atomic E-state index is 0.170. The molecule has 0 saturated carbocycles. The molecule has 18 heterocycles. The molecule has 17 aromatic rings. The Morgan fingerprint density at radius 1 is 0.500 bits per heavy atom. The van der Waals surface area contributed by atoms with Crippen LogP contribution in [-0.2, 0) is 49.0 Å². The van der Waals surface area contributed by atoms with Crippen molar-refractivity contribution in [1.29, 1.82) is 0 Å². The molecule has 2 aliphatic rings. The molecule has 19 rings (SSSR count). The Bertz CT molecular complexity index is 6670. The highest BCUT2D eigenvalue weighted by atomic mass is 35.5. The first-order chi connectivity index (χ1) is 61.6. The molecule has 2 unspecified atom stereocenters. The molecular weight excluding hydrogens is 1810 g/mol. The Balaban J connectivity index is 0.000000130. The van der Waals surface area contributed by atoms with Crippen molar-refractivity contribution < 1.29 is 19.0 Å². The lowest BCUT2D eigenvalue weighted by atomic mass is 10.2. The number of rotatable bonds is 28. The lowest BCUT2D eigenvalue weighted by Gasteiger charge is -2.25. The van der Waals surface area contributed by atoms with Gasteiger partial charge >= 0.3 is 6.09 Å². The second kappa shape index (κ2) is 40.0. The predicted molar refractivity (Wildman–Crippen MR) is 517 cm³/mol. The number of hydrogen-bond donors (Lipinski definition) is 3. The number of nitrogens with zero attached hydrogens (tertiary/aromatic N) is 27. The van der Waals surface area contributed by atoms with E-state index in [0.717, 1.165) is 175 Å². The molecular formula is C84H98Cl2N30O4S6Si2. The highest BCUT2D eigenvalue weighted by Crippen LogP contribution is 2.41. The minimum Gasteiger partial charge on any atom is -0.445 e. The lowest BCUT2D eigenvalue weighted by Crippen LogP contribution is -2.29. The first kappa shape index (κ1) is 90.5. The smallest absolute Gasteiger partial charge is 0.410 e. The number of hydrogen-bond acceptors (Lipinski definition) is 31. The van der Waals surface area contributed by atoms with Crippen LogP contribution in [0.2, 0.25) is 61.7 Å². The molecule has 2 atom stereocenters. The van der Waals surface area contributed by atoms with E-state index >= 15 is 0 Å². The first-order valence-electron chi connectivity index (χ1n) is 41.4. The van der Waals surface area contributed by atoms with Crippen molar-refractivity contribution in [2.24, 2.45) is 28.2 Å². The second-order valence-electron chi connectivity index (χ2n) is 33.4. The number of carbonyl (C=O) groups excluding carboxylic acids is 1. The average Bonchev–Trinajstić information content (AvgIpc) is 1.71. The standard InChI is InChI=1S/C32H40N8O3S2Si.C20H26ClN7OSSi.C18H20N8S2.C14H12ClN7S/c1-23-15-30(45-36-23)39(22-42-13-14-46(3,4)5)29-16-28(35-31-27(18-34-40(29)31)25-17-33-37(2)19-25)44-26-11-12-38(20-26)32(41)43-21-24-9-7-6-8-10-24;1-14-8-19(30-25-14)27(13-29-6-7-31(3,4)5)18-9-17(21)24-20-16(11-23-28(18)20)15-10-22-26(2)12-15;1-11-5-17(28-24-11)22-15-6-16(27-13-3-4-19-8-13)23-18-14(9-21-26(15)18)12-7-20-25(2)10-12;1-8-3-13(23-20-8)19-12-4-11(15)18-14-10(6-17-22(12)14)9-5-16-21(2)7-9/h6-10,15-19,26H,11-14,20-22H2,1-5H3;8-12H,6-7,13H2,1-5H3;5-7,9-10,13,19,22H,3-4,8H2,1-2H3;3-7,19H,1-2H3. The Kier molecular flexibility index (Phi) is 28.3. The van der Waals surface area contributed by atoms with Crippen LogP contribution in [0.3, 0.4) is 0 Å². The van der Waals surface area contributed by atoms with Gasteiger partial charge in [-0.25, -0.2) is 24.7 Å². The van der Waals surface area contributed by atoms with Crippen LogP contribution < -0.4 is 25.8 Å². The molecule has 128 heavy (non-hydrogen) atoms. The zero-order chi connectivity index (χ0) is 89.5. The van der Waals surface area contributed by atoms with Gasteiger partial charge in [-0.1, -0.05) is 92.8 Å². The molecule has 2 aliphatic heterocycles. The summed E-state index contributed by atoms with van der Waals surface area (Å²) in [6.45, 7) is 27.7. The normalized spacial score (nSPS) is 14.1. The molecule has 0 radical (unpaired) electrons. The molecule has 16 aromatic heterocycles. The van der Waals surface area contributed by atoms with E-state index in [0.29, 0.717) is 66.6 Å². The number of amides is 1.